The van der Waals surface area contributed by atoms with Crippen molar-refractivity contribution in [1.29, 1.82) is 0 Å². The van der Waals surface area contributed by atoms with Crippen LogP contribution in [0.3, 0.4) is 0 Å². The molecule has 1 aromatic heterocycles. The van der Waals surface area contributed by atoms with E-state index in [9.17, 15) is 31.9 Å². The molecule has 2 rings (SSSR count). The molecule has 0 aromatic carbocycles. The molecule has 0 spiro atoms. The van der Waals surface area contributed by atoms with Crippen molar-refractivity contribution in [2.24, 2.45) is 0 Å². The number of aromatic nitrogens is 2. The predicted octanol–water partition coefficient (Wildman–Crippen LogP) is 3.29. The van der Waals surface area contributed by atoms with E-state index in [2.05, 4.69) is 5.10 Å². The van der Waals surface area contributed by atoms with E-state index in [1.165, 1.54) is 24.7 Å². The zero-order valence-electron chi connectivity index (χ0n) is 15.6. The molecule has 1 atom stereocenters. The number of halogens is 5. The van der Waals surface area contributed by atoms with Crippen molar-refractivity contribution in [3.63, 3.8) is 0 Å². The maximum Gasteiger partial charge on any atom is 0.426 e. The molecule has 10 heteroatoms. The average molecular weight is 397 g/mol. The fourth-order valence-corrected chi connectivity index (χ4v) is 3.08. The Kier molecular flexibility index (Phi) is 5.37. The third-order valence-electron chi connectivity index (χ3n) is 5.44. The van der Waals surface area contributed by atoms with Gasteiger partial charge in [0.15, 0.2) is 0 Å². The van der Waals surface area contributed by atoms with Crippen molar-refractivity contribution in [1.82, 2.24) is 14.7 Å². The lowest BCUT2D eigenvalue weighted by Crippen LogP contribution is -2.57. The van der Waals surface area contributed by atoms with Crippen molar-refractivity contribution in [3.8, 4) is 0 Å². The minimum atomic E-state index is -5.07. The van der Waals surface area contributed by atoms with Crippen LogP contribution in [0.4, 0.5) is 22.0 Å². The zero-order valence-corrected chi connectivity index (χ0v) is 15.6. The first-order chi connectivity index (χ1) is 12.1. The van der Waals surface area contributed by atoms with Crippen LogP contribution in [0.15, 0.2) is 12.3 Å². The van der Waals surface area contributed by atoms with Gasteiger partial charge in [-0.15, -0.1) is 0 Å². The fraction of sp³-hybridized carbons (Fsp3) is 0.765. The van der Waals surface area contributed by atoms with Gasteiger partial charge in [-0.05, 0) is 39.7 Å². The van der Waals surface area contributed by atoms with Gasteiger partial charge in [0.2, 0.25) is 5.60 Å². The molecule has 0 aliphatic carbocycles. The standard InChI is InChI=1S/C17H24F5N3O2/c1-14(2,16(4,18)19)25-12(5-8-23-25)11-6-9-24(10-7-11)13(26)15(3,27)17(20,21)22/h5,8,11,27H,6-7,9-10H2,1-4H3/t15-/m1/s1. The predicted molar refractivity (Wildman–Crippen MR) is 87.4 cm³/mol. The first-order valence-electron chi connectivity index (χ1n) is 8.61. The Morgan fingerprint density at radius 2 is 1.63 bits per heavy atom. The fourth-order valence-electron chi connectivity index (χ4n) is 3.08. The van der Waals surface area contributed by atoms with Gasteiger partial charge in [-0.1, -0.05) is 0 Å². The summed E-state index contributed by atoms with van der Waals surface area (Å²) in [5.74, 6) is -4.67. The van der Waals surface area contributed by atoms with Gasteiger partial charge >= 0.3 is 6.18 Å². The maximum atomic E-state index is 14.0. The number of nitrogens with zero attached hydrogens (tertiary/aromatic N) is 3. The summed E-state index contributed by atoms with van der Waals surface area (Å²) in [6.07, 6.45) is -3.08. The molecule has 2 heterocycles. The first kappa shape index (κ1) is 21.6. The molecule has 0 radical (unpaired) electrons. The van der Waals surface area contributed by atoms with Crippen molar-refractivity contribution in [2.45, 2.75) is 69.7 Å². The highest BCUT2D eigenvalue weighted by molar-refractivity contribution is 5.85. The number of rotatable bonds is 4. The SMILES string of the molecule is CC(F)(F)C(C)(C)n1nccc1C1CCN(C(=O)[C@@](C)(O)C(F)(F)F)CC1. The highest BCUT2D eigenvalue weighted by Crippen LogP contribution is 2.39. The number of hydrogen-bond donors (Lipinski definition) is 1. The largest absolute Gasteiger partial charge is 0.426 e. The van der Waals surface area contributed by atoms with Crippen LogP contribution in [-0.4, -0.2) is 56.5 Å². The van der Waals surface area contributed by atoms with E-state index in [4.69, 9.17) is 0 Å². The summed E-state index contributed by atoms with van der Waals surface area (Å²) < 4.78 is 67.8. The van der Waals surface area contributed by atoms with E-state index in [1.54, 1.807) is 6.07 Å². The number of piperidine rings is 1. The Morgan fingerprint density at radius 3 is 2.07 bits per heavy atom. The monoisotopic (exact) mass is 397 g/mol. The second-order valence-electron chi connectivity index (χ2n) is 7.75. The molecule has 1 aliphatic heterocycles. The van der Waals surface area contributed by atoms with Gasteiger partial charge in [-0.2, -0.15) is 18.3 Å². The molecule has 27 heavy (non-hydrogen) atoms. The Hall–Kier alpha value is -1.71. The van der Waals surface area contributed by atoms with E-state index >= 15 is 0 Å². The summed E-state index contributed by atoms with van der Waals surface area (Å²) in [6.45, 7) is 3.94. The normalized spacial score (nSPS) is 19.9. The quantitative estimate of drug-likeness (QED) is 0.794. The second kappa shape index (κ2) is 6.72. The topological polar surface area (TPSA) is 58.4 Å². The lowest BCUT2D eigenvalue weighted by molar-refractivity contribution is -0.250. The molecule has 1 saturated heterocycles. The Balaban J connectivity index is 2.14. The van der Waals surface area contributed by atoms with Crippen molar-refractivity contribution < 1.29 is 31.9 Å². The van der Waals surface area contributed by atoms with Gasteiger partial charge in [0.25, 0.3) is 11.8 Å². The lowest BCUT2D eigenvalue weighted by Gasteiger charge is -2.39. The third-order valence-corrected chi connectivity index (χ3v) is 5.44. The summed E-state index contributed by atoms with van der Waals surface area (Å²) in [7, 11) is 0. The maximum absolute atomic E-state index is 14.0. The van der Waals surface area contributed by atoms with Crippen LogP contribution in [-0.2, 0) is 10.3 Å². The molecule has 0 unspecified atom stereocenters. The van der Waals surface area contributed by atoms with Gasteiger partial charge < -0.3 is 10.0 Å². The molecule has 1 fully saturated rings. The number of carbonyl (C=O) groups excluding carboxylic acids is 1. The first-order valence-corrected chi connectivity index (χ1v) is 8.61. The highest BCUT2D eigenvalue weighted by atomic mass is 19.4. The van der Waals surface area contributed by atoms with Crippen LogP contribution in [0.2, 0.25) is 0 Å². The van der Waals surface area contributed by atoms with E-state index in [0.29, 0.717) is 12.6 Å². The van der Waals surface area contributed by atoms with E-state index in [-0.39, 0.29) is 31.8 Å². The molecule has 154 valence electrons. The van der Waals surface area contributed by atoms with Crippen LogP contribution >= 0.6 is 0 Å². The van der Waals surface area contributed by atoms with Gasteiger partial charge in [0, 0.05) is 37.8 Å². The van der Waals surface area contributed by atoms with Crippen molar-refractivity contribution in [2.75, 3.05) is 13.1 Å². The molecule has 1 aromatic rings. The highest BCUT2D eigenvalue weighted by Gasteiger charge is 2.57. The second-order valence-corrected chi connectivity index (χ2v) is 7.75. The van der Waals surface area contributed by atoms with E-state index in [1.807, 2.05) is 0 Å². The van der Waals surface area contributed by atoms with Crippen molar-refractivity contribution in [3.05, 3.63) is 18.0 Å². The smallest absolute Gasteiger partial charge is 0.373 e. The molecule has 1 N–H and O–H groups in total. The van der Waals surface area contributed by atoms with Crippen LogP contribution < -0.4 is 0 Å². The summed E-state index contributed by atoms with van der Waals surface area (Å²) in [6, 6.07) is 1.61. The number of alkyl halides is 5. The van der Waals surface area contributed by atoms with Gasteiger partial charge in [0.1, 0.15) is 5.54 Å². The molecule has 1 aliphatic rings. The van der Waals surface area contributed by atoms with Gasteiger partial charge in [-0.3, -0.25) is 9.48 Å². The third kappa shape index (κ3) is 3.81. The molecular formula is C17H24F5N3O2. The molecule has 1 amide bonds. The average Bonchev–Trinajstić information content (AvgIpc) is 3.02. The Labute approximate surface area is 154 Å². The summed E-state index contributed by atoms with van der Waals surface area (Å²) in [5, 5.41) is 13.6. The minimum absolute atomic E-state index is 0.0101. The Morgan fingerprint density at radius 1 is 1.11 bits per heavy atom. The van der Waals surface area contributed by atoms with E-state index < -0.39 is 29.1 Å². The van der Waals surface area contributed by atoms with E-state index in [0.717, 1.165) is 11.8 Å². The molecular weight excluding hydrogens is 373 g/mol. The molecule has 0 bridgehead atoms. The number of aliphatic hydroxyl groups is 1. The minimum Gasteiger partial charge on any atom is -0.373 e. The summed E-state index contributed by atoms with van der Waals surface area (Å²) >= 11 is 0. The van der Waals surface area contributed by atoms with Crippen LogP contribution in [0.1, 0.15) is 52.1 Å². The van der Waals surface area contributed by atoms with Crippen molar-refractivity contribution >= 4 is 5.91 Å². The zero-order chi connectivity index (χ0) is 20.8. The number of amides is 1. The molecule has 5 nitrogen and oxygen atoms in total. The van der Waals surface area contributed by atoms with Crippen LogP contribution in [0.25, 0.3) is 0 Å². The summed E-state index contributed by atoms with van der Waals surface area (Å²) in [5.41, 5.74) is -4.48. The number of likely N-dealkylation sites (tertiary alicyclic amines) is 1. The lowest BCUT2D eigenvalue weighted by atomic mass is 9.90. The van der Waals surface area contributed by atoms with Gasteiger partial charge in [0.05, 0.1) is 0 Å². The van der Waals surface area contributed by atoms with Gasteiger partial charge in [-0.25, -0.2) is 8.78 Å². The summed E-state index contributed by atoms with van der Waals surface area (Å²) in [4.78, 5) is 13.0. The Bertz CT molecular complexity index is 683. The van der Waals surface area contributed by atoms with Crippen LogP contribution in [0, 0.1) is 0 Å². The van der Waals surface area contributed by atoms with Crippen LogP contribution in [0.5, 0.6) is 0 Å². The number of carbonyl (C=O) groups is 1. The number of hydrogen-bond acceptors (Lipinski definition) is 3. The molecule has 0 saturated carbocycles.